The molecular formula is C10H9NO2. The molecule has 3 nitrogen and oxygen atoms in total. The second-order valence-electron chi connectivity index (χ2n) is 2.61. The van der Waals surface area contributed by atoms with Gasteiger partial charge in [-0.15, -0.1) is 0 Å². The first kappa shape index (κ1) is 9.27. The van der Waals surface area contributed by atoms with Crippen molar-refractivity contribution in [3.63, 3.8) is 0 Å². The lowest BCUT2D eigenvalue weighted by Crippen LogP contribution is -1.97. The molecule has 0 heterocycles. The summed E-state index contributed by atoms with van der Waals surface area (Å²) in [4.78, 5) is 10.1. The molecule has 66 valence electrons. The fourth-order valence-corrected chi connectivity index (χ4v) is 1.02. The Morgan fingerprint density at radius 1 is 1.62 bits per heavy atom. The van der Waals surface area contributed by atoms with Crippen molar-refractivity contribution in [2.45, 2.75) is 13.0 Å². The molecule has 0 aliphatic carbocycles. The van der Waals surface area contributed by atoms with Crippen molar-refractivity contribution in [3.05, 3.63) is 35.4 Å². The van der Waals surface area contributed by atoms with Crippen molar-refractivity contribution in [1.29, 1.82) is 5.26 Å². The lowest BCUT2D eigenvalue weighted by atomic mass is 10.1. The molecule has 1 rings (SSSR count). The monoisotopic (exact) mass is 175 g/mol. The van der Waals surface area contributed by atoms with Gasteiger partial charge in [-0.1, -0.05) is 12.1 Å². The first-order valence-electron chi connectivity index (χ1n) is 3.87. The number of carbonyl (C=O) groups excluding carboxylic acids is 1. The number of ether oxygens (including phenoxy) is 1. The van der Waals surface area contributed by atoms with Crippen LogP contribution in [0.3, 0.4) is 0 Å². The summed E-state index contributed by atoms with van der Waals surface area (Å²) in [5, 5.41) is 8.61. The Morgan fingerprint density at radius 2 is 2.38 bits per heavy atom. The van der Waals surface area contributed by atoms with Crippen molar-refractivity contribution in [1.82, 2.24) is 0 Å². The molecule has 1 aromatic carbocycles. The molecule has 0 aromatic heterocycles. The van der Waals surface area contributed by atoms with Gasteiger partial charge in [0.2, 0.25) is 0 Å². The number of carbonyl (C=O) groups is 1. The Morgan fingerprint density at radius 3 is 3.00 bits per heavy atom. The summed E-state index contributed by atoms with van der Waals surface area (Å²) in [5.74, 6) is 0. The maximum atomic E-state index is 10.1. The maximum Gasteiger partial charge on any atom is 0.293 e. The third-order valence-corrected chi connectivity index (χ3v) is 1.74. The first-order valence-corrected chi connectivity index (χ1v) is 3.87. The van der Waals surface area contributed by atoms with Crippen LogP contribution in [-0.2, 0) is 9.53 Å². The summed E-state index contributed by atoms with van der Waals surface area (Å²) in [6, 6.07) is 9.01. The van der Waals surface area contributed by atoms with Gasteiger partial charge in [-0.3, -0.25) is 4.79 Å². The topological polar surface area (TPSA) is 50.1 Å². The van der Waals surface area contributed by atoms with Crippen molar-refractivity contribution < 1.29 is 9.53 Å². The lowest BCUT2D eigenvalue weighted by Gasteiger charge is -2.08. The minimum Gasteiger partial charge on any atom is -0.460 e. The van der Waals surface area contributed by atoms with Crippen LogP contribution in [-0.4, -0.2) is 6.47 Å². The van der Waals surface area contributed by atoms with Crippen LogP contribution >= 0.6 is 0 Å². The number of benzene rings is 1. The highest BCUT2D eigenvalue weighted by molar-refractivity contribution is 5.39. The van der Waals surface area contributed by atoms with E-state index in [2.05, 4.69) is 0 Å². The van der Waals surface area contributed by atoms with Gasteiger partial charge in [-0.25, -0.2) is 0 Å². The molecule has 1 unspecified atom stereocenters. The van der Waals surface area contributed by atoms with Gasteiger partial charge in [0, 0.05) is 0 Å². The van der Waals surface area contributed by atoms with Gasteiger partial charge in [-0.05, 0) is 24.6 Å². The van der Waals surface area contributed by atoms with Gasteiger partial charge in [-0.2, -0.15) is 5.26 Å². The molecule has 0 amide bonds. The molecule has 0 aliphatic heterocycles. The number of hydrogen-bond acceptors (Lipinski definition) is 3. The highest BCUT2D eigenvalue weighted by Gasteiger charge is 2.05. The predicted octanol–water partition coefficient (Wildman–Crippen LogP) is 1.79. The smallest absolute Gasteiger partial charge is 0.293 e. The van der Waals surface area contributed by atoms with Crippen molar-refractivity contribution >= 4 is 6.47 Å². The van der Waals surface area contributed by atoms with Gasteiger partial charge in [0.1, 0.15) is 6.10 Å². The molecule has 0 fully saturated rings. The van der Waals surface area contributed by atoms with E-state index in [0.717, 1.165) is 5.56 Å². The fraction of sp³-hybridized carbons (Fsp3) is 0.200. The van der Waals surface area contributed by atoms with E-state index in [0.29, 0.717) is 12.0 Å². The van der Waals surface area contributed by atoms with Gasteiger partial charge in [0.15, 0.2) is 0 Å². The molecule has 1 atom stereocenters. The maximum absolute atomic E-state index is 10.1. The molecule has 1 aromatic rings. The van der Waals surface area contributed by atoms with Crippen LogP contribution in [0, 0.1) is 11.3 Å². The van der Waals surface area contributed by atoms with Crippen molar-refractivity contribution in [2.75, 3.05) is 0 Å². The van der Waals surface area contributed by atoms with Crippen LogP contribution in [0.4, 0.5) is 0 Å². The van der Waals surface area contributed by atoms with E-state index in [-0.39, 0.29) is 6.10 Å². The minimum absolute atomic E-state index is 0.300. The average Bonchev–Trinajstić information content (AvgIpc) is 2.18. The molecule has 0 N–H and O–H groups in total. The third kappa shape index (κ3) is 2.31. The summed E-state index contributed by atoms with van der Waals surface area (Å²) in [7, 11) is 0. The van der Waals surface area contributed by atoms with Gasteiger partial charge < -0.3 is 4.74 Å². The van der Waals surface area contributed by atoms with E-state index in [1.165, 1.54) is 0 Å². The van der Waals surface area contributed by atoms with Crippen LogP contribution in [0.1, 0.15) is 24.2 Å². The first-order chi connectivity index (χ1) is 6.27. The molecule has 0 spiro atoms. The van der Waals surface area contributed by atoms with Crippen LogP contribution in [0.2, 0.25) is 0 Å². The third-order valence-electron chi connectivity index (χ3n) is 1.74. The lowest BCUT2D eigenvalue weighted by molar-refractivity contribution is -0.133. The normalized spacial score (nSPS) is 11.4. The zero-order chi connectivity index (χ0) is 9.68. The highest BCUT2D eigenvalue weighted by atomic mass is 16.5. The van der Waals surface area contributed by atoms with Gasteiger partial charge in [0.25, 0.3) is 6.47 Å². The van der Waals surface area contributed by atoms with E-state index >= 15 is 0 Å². The van der Waals surface area contributed by atoms with E-state index in [1.54, 1.807) is 25.1 Å². The van der Waals surface area contributed by atoms with Crippen LogP contribution in [0.15, 0.2) is 24.3 Å². The Labute approximate surface area is 76.6 Å². The predicted molar refractivity (Wildman–Crippen MR) is 46.7 cm³/mol. The zero-order valence-electron chi connectivity index (χ0n) is 7.23. The SMILES string of the molecule is CC(OC=O)c1cccc(C#N)c1. The second-order valence-corrected chi connectivity index (χ2v) is 2.61. The number of rotatable bonds is 3. The molecule has 0 aliphatic rings. The molecule has 0 radical (unpaired) electrons. The summed E-state index contributed by atoms with van der Waals surface area (Å²) in [5.41, 5.74) is 1.39. The van der Waals surface area contributed by atoms with Gasteiger partial charge >= 0.3 is 0 Å². The quantitative estimate of drug-likeness (QED) is 0.658. The Kier molecular flexibility index (Phi) is 3.04. The number of nitrogens with zero attached hydrogens (tertiary/aromatic N) is 1. The molecule has 3 heteroatoms. The molecule has 0 bridgehead atoms. The van der Waals surface area contributed by atoms with Crippen molar-refractivity contribution in [3.8, 4) is 6.07 Å². The molecular weight excluding hydrogens is 166 g/mol. The van der Waals surface area contributed by atoms with Gasteiger partial charge in [0.05, 0.1) is 11.6 Å². The standard InChI is InChI=1S/C10H9NO2/c1-8(13-7-12)10-4-2-3-9(5-10)6-11/h2-5,7-8H,1H3. The molecule has 13 heavy (non-hydrogen) atoms. The van der Waals surface area contributed by atoms with Crippen LogP contribution in [0.5, 0.6) is 0 Å². The largest absolute Gasteiger partial charge is 0.460 e. The van der Waals surface area contributed by atoms with Crippen LogP contribution < -0.4 is 0 Å². The van der Waals surface area contributed by atoms with Crippen LogP contribution in [0.25, 0.3) is 0 Å². The molecule has 0 saturated heterocycles. The summed E-state index contributed by atoms with van der Waals surface area (Å²) in [6.45, 7) is 2.16. The number of nitriles is 1. The Bertz CT molecular complexity index is 341. The zero-order valence-corrected chi connectivity index (χ0v) is 7.23. The number of hydrogen-bond donors (Lipinski definition) is 0. The second kappa shape index (κ2) is 4.27. The van der Waals surface area contributed by atoms with E-state index in [1.807, 2.05) is 12.1 Å². The summed E-state index contributed by atoms with van der Waals surface area (Å²) < 4.78 is 4.74. The summed E-state index contributed by atoms with van der Waals surface area (Å²) >= 11 is 0. The fourth-order valence-electron chi connectivity index (χ4n) is 1.02. The van der Waals surface area contributed by atoms with E-state index in [4.69, 9.17) is 10.00 Å². The summed E-state index contributed by atoms with van der Waals surface area (Å²) in [6.07, 6.45) is -0.300. The Hall–Kier alpha value is -1.82. The molecule has 0 saturated carbocycles. The average molecular weight is 175 g/mol. The van der Waals surface area contributed by atoms with E-state index in [9.17, 15) is 4.79 Å². The highest BCUT2D eigenvalue weighted by Crippen LogP contribution is 2.16. The Balaban J connectivity index is 2.89. The van der Waals surface area contributed by atoms with Crippen molar-refractivity contribution in [2.24, 2.45) is 0 Å². The van der Waals surface area contributed by atoms with E-state index < -0.39 is 0 Å². The minimum atomic E-state index is -0.300.